The van der Waals surface area contributed by atoms with E-state index in [0.29, 0.717) is 24.8 Å². The summed E-state index contributed by atoms with van der Waals surface area (Å²) in [6, 6.07) is 4.49. The van der Waals surface area contributed by atoms with Crippen molar-refractivity contribution in [2.75, 3.05) is 18.5 Å². The minimum Gasteiger partial charge on any atom is -0.464 e. The van der Waals surface area contributed by atoms with E-state index in [1.807, 2.05) is 20.8 Å². The summed E-state index contributed by atoms with van der Waals surface area (Å²) in [7, 11) is 0. The van der Waals surface area contributed by atoms with E-state index in [1.54, 1.807) is 6.07 Å². The van der Waals surface area contributed by atoms with Gasteiger partial charge in [0, 0.05) is 12.6 Å². The lowest BCUT2D eigenvalue weighted by molar-refractivity contribution is 0.303. The molecule has 0 bridgehead atoms. The van der Waals surface area contributed by atoms with Crippen LogP contribution in [0, 0.1) is 12.7 Å². The summed E-state index contributed by atoms with van der Waals surface area (Å²) >= 11 is 0. The van der Waals surface area contributed by atoms with E-state index in [9.17, 15) is 4.39 Å². The highest BCUT2D eigenvalue weighted by atomic mass is 19.1. The number of nitrogens with one attached hydrogen (secondary N) is 1. The SMILES string of the molecule is CCNc1nc(OCC)nc(Oc2cc(F)ccc2C)n1. The van der Waals surface area contributed by atoms with E-state index >= 15 is 0 Å². The van der Waals surface area contributed by atoms with Gasteiger partial charge in [0.2, 0.25) is 5.95 Å². The highest BCUT2D eigenvalue weighted by Gasteiger charge is 2.11. The lowest BCUT2D eigenvalue weighted by atomic mass is 10.2. The van der Waals surface area contributed by atoms with Gasteiger partial charge in [-0.1, -0.05) is 6.07 Å². The molecule has 7 heteroatoms. The van der Waals surface area contributed by atoms with Gasteiger partial charge in [-0.15, -0.1) is 4.98 Å². The van der Waals surface area contributed by atoms with Crippen molar-refractivity contribution in [3.63, 3.8) is 0 Å². The van der Waals surface area contributed by atoms with Gasteiger partial charge in [-0.2, -0.15) is 9.97 Å². The van der Waals surface area contributed by atoms with E-state index in [4.69, 9.17) is 9.47 Å². The van der Waals surface area contributed by atoms with Gasteiger partial charge in [-0.05, 0) is 32.4 Å². The van der Waals surface area contributed by atoms with Crippen molar-refractivity contribution in [2.45, 2.75) is 20.8 Å². The zero-order chi connectivity index (χ0) is 15.2. The average molecular weight is 292 g/mol. The Kier molecular flexibility index (Phi) is 4.86. The minimum atomic E-state index is -0.387. The van der Waals surface area contributed by atoms with Crippen LogP contribution in [0.15, 0.2) is 18.2 Å². The minimum absolute atomic E-state index is 0.0538. The van der Waals surface area contributed by atoms with Crippen molar-refractivity contribution in [3.8, 4) is 17.8 Å². The van der Waals surface area contributed by atoms with E-state index in [-0.39, 0.29) is 17.8 Å². The fourth-order valence-corrected chi connectivity index (χ4v) is 1.60. The molecule has 1 aromatic heterocycles. The summed E-state index contributed by atoms with van der Waals surface area (Å²) < 4.78 is 24.1. The van der Waals surface area contributed by atoms with Crippen LogP contribution >= 0.6 is 0 Å². The van der Waals surface area contributed by atoms with Crippen molar-refractivity contribution in [1.29, 1.82) is 0 Å². The van der Waals surface area contributed by atoms with Crippen LogP contribution < -0.4 is 14.8 Å². The van der Waals surface area contributed by atoms with Crippen LogP contribution in [-0.4, -0.2) is 28.1 Å². The fourth-order valence-electron chi connectivity index (χ4n) is 1.60. The summed E-state index contributed by atoms with van der Waals surface area (Å²) in [5.74, 6) is 0.313. The number of hydrogen-bond donors (Lipinski definition) is 1. The molecule has 6 nitrogen and oxygen atoms in total. The third kappa shape index (κ3) is 4.01. The van der Waals surface area contributed by atoms with Gasteiger partial charge >= 0.3 is 12.0 Å². The number of ether oxygens (including phenoxy) is 2. The molecule has 0 unspecified atom stereocenters. The smallest absolute Gasteiger partial charge is 0.330 e. The molecule has 112 valence electrons. The van der Waals surface area contributed by atoms with Gasteiger partial charge < -0.3 is 14.8 Å². The maximum Gasteiger partial charge on any atom is 0.330 e. The van der Waals surface area contributed by atoms with Crippen LogP contribution in [-0.2, 0) is 0 Å². The molecular formula is C14H17FN4O2. The number of aromatic nitrogens is 3. The Balaban J connectivity index is 2.31. The molecule has 1 N–H and O–H groups in total. The van der Waals surface area contributed by atoms with Crippen molar-refractivity contribution < 1.29 is 13.9 Å². The van der Waals surface area contributed by atoms with Gasteiger partial charge in [0.1, 0.15) is 11.6 Å². The molecule has 1 heterocycles. The number of aryl methyl sites for hydroxylation is 1. The first kappa shape index (κ1) is 15.0. The van der Waals surface area contributed by atoms with Gasteiger partial charge in [-0.3, -0.25) is 0 Å². The van der Waals surface area contributed by atoms with Crippen LogP contribution in [0.5, 0.6) is 17.8 Å². The molecule has 0 saturated heterocycles. The van der Waals surface area contributed by atoms with Crippen LogP contribution in [0.4, 0.5) is 10.3 Å². The first-order chi connectivity index (χ1) is 10.1. The third-order valence-corrected chi connectivity index (χ3v) is 2.55. The Morgan fingerprint density at radius 2 is 1.90 bits per heavy atom. The molecule has 0 aliphatic rings. The van der Waals surface area contributed by atoms with Crippen molar-refractivity contribution in [3.05, 3.63) is 29.6 Å². The Morgan fingerprint density at radius 1 is 1.14 bits per heavy atom. The number of benzene rings is 1. The second-order valence-corrected chi connectivity index (χ2v) is 4.20. The number of halogens is 1. The number of rotatable bonds is 6. The highest BCUT2D eigenvalue weighted by Crippen LogP contribution is 2.24. The molecule has 0 radical (unpaired) electrons. The predicted molar refractivity (Wildman–Crippen MR) is 76.4 cm³/mol. The summed E-state index contributed by atoms with van der Waals surface area (Å²) in [5, 5.41) is 2.96. The van der Waals surface area contributed by atoms with Crippen LogP contribution in [0.25, 0.3) is 0 Å². The molecule has 2 rings (SSSR count). The van der Waals surface area contributed by atoms with Gasteiger partial charge in [0.25, 0.3) is 0 Å². The topological polar surface area (TPSA) is 69.2 Å². The second kappa shape index (κ2) is 6.83. The third-order valence-electron chi connectivity index (χ3n) is 2.55. The standard InChI is InChI=1S/C14H17FN4O2/c1-4-16-12-17-13(20-5-2)19-14(18-12)21-11-8-10(15)7-6-9(11)3/h6-8H,4-5H2,1-3H3,(H,16,17,18,19). The van der Waals surface area contributed by atoms with Crippen molar-refractivity contribution in [2.24, 2.45) is 0 Å². The molecular weight excluding hydrogens is 275 g/mol. The molecule has 21 heavy (non-hydrogen) atoms. The van der Waals surface area contributed by atoms with Crippen molar-refractivity contribution in [1.82, 2.24) is 15.0 Å². The maximum absolute atomic E-state index is 13.3. The first-order valence-corrected chi connectivity index (χ1v) is 6.69. The van der Waals surface area contributed by atoms with Crippen LogP contribution in [0.3, 0.4) is 0 Å². The summed E-state index contributed by atoms with van der Waals surface area (Å²) in [6.07, 6.45) is 0. The Hall–Kier alpha value is -2.44. The molecule has 0 aliphatic heterocycles. The molecule has 0 saturated carbocycles. The van der Waals surface area contributed by atoms with Gasteiger partial charge in [-0.25, -0.2) is 4.39 Å². The van der Waals surface area contributed by atoms with Gasteiger partial charge in [0.15, 0.2) is 0 Å². The summed E-state index contributed by atoms with van der Waals surface area (Å²) in [5.41, 5.74) is 0.778. The molecule has 0 aliphatic carbocycles. The lowest BCUT2D eigenvalue weighted by Gasteiger charge is -2.10. The molecule has 0 spiro atoms. The second-order valence-electron chi connectivity index (χ2n) is 4.20. The monoisotopic (exact) mass is 292 g/mol. The average Bonchev–Trinajstić information content (AvgIpc) is 2.43. The zero-order valence-electron chi connectivity index (χ0n) is 12.2. The Bertz CT molecular complexity index is 598. The van der Waals surface area contributed by atoms with E-state index in [1.165, 1.54) is 12.1 Å². The lowest BCUT2D eigenvalue weighted by Crippen LogP contribution is -2.07. The molecule has 2 aromatic rings. The van der Waals surface area contributed by atoms with E-state index < -0.39 is 0 Å². The summed E-state index contributed by atoms with van der Waals surface area (Å²) in [6.45, 7) is 6.63. The predicted octanol–water partition coefficient (Wildman–Crippen LogP) is 2.94. The van der Waals surface area contributed by atoms with Crippen LogP contribution in [0.1, 0.15) is 19.4 Å². The van der Waals surface area contributed by atoms with Crippen molar-refractivity contribution >= 4 is 5.95 Å². The summed E-state index contributed by atoms with van der Waals surface area (Å²) in [4.78, 5) is 12.2. The van der Waals surface area contributed by atoms with E-state index in [2.05, 4.69) is 20.3 Å². The molecule has 0 atom stereocenters. The molecule has 0 fully saturated rings. The highest BCUT2D eigenvalue weighted by molar-refractivity contribution is 5.36. The Labute approximate surface area is 122 Å². The van der Waals surface area contributed by atoms with Gasteiger partial charge in [0.05, 0.1) is 6.61 Å². The molecule has 1 aromatic carbocycles. The molecule has 0 amide bonds. The number of anilines is 1. The first-order valence-electron chi connectivity index (χ1n) is 6.69. The zero-order valence-corrected chi connectivity index (χ0v) is 12.2. The maximum atomic E-state index is 13.3. The quantitative estimate of drug-likeness (QED) is 0.882. The number of nitrogens with zero attached hydrogens (tertiary/aromatic N) is 3. The largest absolute Gasteiger partial charge is 0.464 e. The van der Waals surface area contributed by atoms with Crippen LogP contribution in [0.2, 0.25) is 0 Å². The normalized spacial score (nSPS) is 10.3. The Morgan fingerprint density at radius 3 is 2.62 bits per heavy atom. The number of hydrogen-bond acceptors (Lipinski definition) is 6. The fraction of sp³-hybridized carbons (Fsp3) is 0.357. The van der Waals surface area contributed by atoms with E-state index in [0.717, 1.165) is 5.56 Å².